The van der Waals surface area contributed by atoms with E-state index in [1.807, 2.05) is 18.2 Å². The van der Waals surface area contributed by atoms with Gasteiger partial charge in [-0.05, 0) is 17.7 Å². The summed E-state index contributed by atoms with van der Waals surface area (Å²) in [6.07, 6.45) is 0. The summed E-state index contributed by atoms with van der Waals surface area (Å²) in [7, 11) is 4.91. The average Bonchev–Trinajstić information content (AvgIpc) is 2.38. The van der Waals surface area contributed by atoms with Crippen molar-refractivity contribution in [1.29, 1.82) is 0 Å². The minimum atomic E-state index is -0.460. The lowest BCUT2D eigenvalue weighted by Gasteiger charge is -2.43. The Morgan fingerprint density at radius 3 is 2.41 bits per heavy atom. The summed E-state index contributed by atoms with van der Waals surface area (Å²) >= 11 is 0. The van der Waals surface area contributed by atoms with Crippen molar-refractivity contribution >= 4 is 5.91 Å². The second kappa shape index (κ2) is 4.25. The average molecular weight is 236 g/mol. The molecule has 1 heterocycles. The van der Waals surface area contributed by atoms with E-state index >= 15 is 0 Å². The van der Waals surface area contributed by atoms with Crippen molar-refractivity contribution in [2.45, 2.75) is 12.1 Å². The van der Waals surface area contributed by atoms with E-state index in [2.05, 4.69) is 0 Å². The largest absolute Gasteiger partial charge is 0.493 e. The number of hydrogen-bond donors (Lipinski definition) is 1. The van der Waals surface area contributed by atoms with E-state index in [-0.39, 0.29) is 11.9 Å². The maximum absolute atomic E-state index is 11.4. The molecule has 0 bridgehead atoms. The summed E-state index contributed by atoms with van der Waals surface area (Å²) in [5.41, 5.74) is 6.74. The molecule has 0 spiro atoms. The topological polar surface area (TPSA) is 64.8 Å². The van der Waals surface area contributed by atoms with Crippen LogP contribution in [0.5, 0.6) is 11.5 Å². The summed E-state index contributed by atoms with van der Waals surface area (Å²) in [6, 6.07) is 5.03. The lowest BCUT2D eigenvalue weighted by molar-refractivity contribution is -0.147. The molecule has 17 heavy (non-hydrogen) atoms. The van der Waals surface area contributed by atoms with E-state index in [9.17, 15) is 4.79 Å². The van der Waals surface area contributed by atoms with Crippen molar-refractivity contribution in [3.8, 4) is 11.5 Å². The quantitative estimate of drug-likeness (QED) is 0.778. The van der Waals surface area contributed by atoms with Crippen LogP contribution < -0.4 is 15.2 Å². The molecule has 1 amide bonds. The van der Waals surface area contributed by atoms with E-state index in [0.717, 1.165) is 5.56 Å². The van der Waals surface area contributed by atoms with Crippen LogP contribution in [-0.4, -0.2) is 38.1 Å². The van der Waals surface area contributed by atoms with Crippen molar-refractivity contribution < 1.29 is 14.3 Å². The third kappa shape index (κ3) is 1.72. The highest BCUT2D eigenvalue weighted by atomic mass is 16.5. The Bertz CT molecular complexity index is 435. The monoisotopic (exact) mass is 236 g/mol. The number of carbonyl (C=O) groups excluding carboxylic acids is 1. The summed E-state index contributed by atoms with van der Waals surface area (Å²) < 4.78 is 10.4. The summed E-state index contributed by atoms with van der Waals surface area (Å²) in [6.45, 7) is 0. The predicted octanol–water partition coefficient (Wildman–Crippen LogP) is 0.544. The van der Waals surface area contributed by atoms with E-state index in [1.165, 1.54) is 0 Å². The van der Waals surface area contributed by atoms with Crippen molar-refractivity contribution in [1.82, 2.24) is 4.90 Å². The molecule has 1 aromatic rings. The molecular weight excluding hydrogens is 220 g/mol. The molecule has 1 aliphatic rings. The normalized spacial score (nSPS) is 23.3. The fourth-order valence-corrected chi connectivity index (χ4v) is 2.13. The lowest BCUT2D eigenvalue weighted by atomic mass is 9.90. The molecule has 0 aliphatic carbocycles. The van der Waals surface area contributed by atoms with E-state index in [4.69, 9.17) is 15.2 Å². The standard InChI is InChI=1S/C12H16N2O3/c1-14-11(10(13)12(14)15)7-4-5-8(16-2)9(6-7)17-3/h4-6,10-11H,13H2,1-3H3/t10-,11-/m1/s1. The number of carbonyl (C=O) groups is 1. The number of benzene rings is 1. The first kappa shape index (κ1) is 11.7. The highest BCUT2D eigenvalue weighted by Gasteiger charge is 2.43. The minimum absolute atomic E-state index is 0.0372. The molecule has 2 atom stereocenters. The van der Waals surface area contributed by atoms with Crippen LogP contribution in [0.3, 0.4) is 0 Å². The summed E-state index contributed by atoms with van der Waals surface area (Å²) in [5, 5.41) is 0. The Kier molecular flexibility index (Phi) is 2.93. The molecule has 1 saturated heterocycles. The Morgan fingerprint density at radius 2 is 1.88 bits per heavy atom. The number of ether oxygens (including phenoxy) is 2. The second-order valence-corrected chi connectivity index (χ2v) is 4.03. The van der Waals surface area contributed by atoms with Crippen LogP contribution in [0.4, 0.5) is 0 Å². The van der Waals surface area contributed by atoms with E-state index < -0.39 is 6.04 Å². The number of β-lactam (4-membered cyclic amide) rings is 1. The van der Waals surface area contributed by atoms with Gasteiger partial charge in [0.2, 0.25) is 5.91 Å². The molecule has 0 aromatic heterocycles. The molecule has 1 fully saturated rings. The molecule has 2 N–H and O–H groups in total. The van der Waals surface area contributed by atoms with Crippen LogP contribution in [0, 0.1) is 0 Å². The van der Waals surface area contributed by atoms with Crippen LogP contribution in [0.1, 0.15) is 11.6 Å². The van der Waals surface area contributed by atoms with Crippen molar-refractivity contribution in [2.75, 3.05) is 21.3 Å². The van der Waals surface area contributed by atoms with Crippen LogP contribution in [-0.2, 0) is 4.79 Å². The van der Waals surface area contributed by atoms with E-state index in [0.29, 0.717) is 11.5 Å². The van der Waals surface area contributed by atoms with E-state index in [1.54, 1.807) is 26.2 Å². The summed E-state index contributed by atoms with van der Waals surface area (Å²) in [5.74, 6) is 1.27. The lowest BCUT2D eigenvalue weighted by Crippen LogP contribution is -2.61. The maximum Gasteiger partial charge on any atom is 0.242 e. The van der Waals surface area contributed by atoms with Crippen LogP contribution in [0.25, 0.3) is 0 Å². The zero-order valence-corrected chi connectivity index (χ0v) is 10.1. The number of nitrogens with zero attached hydrogens (tertiary/aromatic N) is 1. The number of amides is 1. The molecule has 92 valence electrons. The fourth-order valence-electron chi connectivity index (χ4n) is 2.13. The predicted molar refractivity (Wildman–Crippen MR) is 63.0 cm³/mol. The molecule has 5 heteroatoms. The SMILES string of the molecule is COc1ccc([C@@H]2[C@@H](N)C(=O)N2C)cc1OC. The Hall–Kier alpha value is -1.75. The zero-order valence-electron chi connectivity index (χ0n) is 10.1. The molecular formula is C12H16N2O3. The molecule has 1 aliphatic heterocycles. The van der Waals surface area contributed by atoms with Crippen LogP contribution in [0.2, 0.25) is 0 Å². The van der Waals surface area contributed by atoms with Gasteiger partial charge >= 0.3 is 0 Å². The smallest absolute Gasteiger partial charge is 0.242 e. The van der Waals surface area contributed by atoms with Gasteiger partial charge in [-0.2, -0.15) is 0 Å². The molecule has 0 radical (unpaired) electrons. The van der Waals surface area contributed by atoms with Gasteiger partial charge in [0.05, 0.1) is 20.3 Å². The third-order valence-electron chi connectivity index (χ3n) is 3.14. The first-order valence-corrected chi connectivity index (χ1v) is 5.34. The van der Waals surface area contributed by atoms with Crippen molar-refractivity contribution in [3.63, 3.8) is 0 Å². The molecule has 2 rings (SSSR count). The number of likely N-dealkylation sites (N-methyl/N-ethyl adjacent to an activating group) is 1. The maximum atomic E-state index is 11.4. The molecule has 1 aromatic carbocycles. The Balaban J connectivity index is 2.31. The molecule has 5 nitrogen and oxygen atoms in total. The highest BCUT2D eigenvalue weighted by molar-refractivity contribution is 5.89. The molecule has 0 saturated carbocycles. The number of nitrogens with two attached hydrogens (primary N) is 1. The van der Waals surface area contributed by atoms with Gasteiger partial charge in [0, 0.05) is 7.05 Å². The van der Waals surface area contributed by atoms with Gasteiger partial charge in [-0.15, -0.1) is 0 Å². The van der Waals surface area contributed by atoms with Crippen molar-refractivity contribution in [3.05, 3.63) is 23.8 Å². The van der Waals surface area contributed by atoms with Gasteiger partial charge < -0.3 is 20.1 Å². The van der Waals surface area contributed by atoms with Gasteiger partial charge in [0.25, 0.3) is 0 Å². The zero-order chi connectivity index (χ0) is 12.6. The van der Waals surface area contributed by atoms with Gasteiger partial charge in [0.15, 0.2) is 11.5 Å². The summed E-state index contributed by atoms with van der Waals surface area (Å²) in [4.78, 5) is 13.0. The van der Waals surface area contributed by atoms with Gasteiger partial charge in [-0.3, -0.25) is 4.79 Å². The van der Waals surface area contributed by atoms with Gasteiger partial charge in [-0.25, -0.2) is 0 Å². The first-order valence-electron chi connectivity index (χ1n) is 5.34. The third-order valence-corrected chi connectivity index (χ3v) is 3.14. The van der Waals surface area contributed by atoms with Gasteiger partial charge in [0.1, 0.15) is 6.04 Å². The minimum Gasteiger partial charge on any atom is -0.493 e. The number of hydrogen-bond acceptors (Lipinski definition) is 4. The second-order valence-electron chi connectivity index (χ2n) is 4.03. The molecule has 0 unspecified atom stereocenters. The van der Waals surface area contributed by atoms with Gasteiger partial charge in [-0.1, -0.05) is 6.07 Å². The highest BCUT2D eigenvalue weighted by Crippen LogP contribution is 2.36. The fraction of sp³-hybridized carbons (Fsp3) is 0.417. The van der Waals surface area contributed by atoms with Crippen LogP contribution in [0.15, 0.2) is 18.2 Å². The Labute approximate surface area is 100 Å². The van der Waals surface area contributed by atoms with Crippen LogP contribution >= 0.6 is 0 Å². The van der Waals surface area contributed by atoms with Crippen molar-refractivity contribution in [2.24, 2.45) is 5.73 Å². The number of likely N-dealkylation sites (tertiary alicyclic amines) is 1. The first-order chi connectivity index (χ1) is 8.10. The number of methoxy groups -OCH3 is 2. The number of rotatable bonds is 3. The Morgan fingerprint density at radius 1 is 1.24 bits per heavy atom.